The van der Waals surface area contributed by atoms with E-state index in [0.717, 1.165) is 5.56 Å². The Morgan fingerprint density at radius 2 is 1.96 bits per heavy atom. The van der Waals surface area contributed by atoms with Gasteiger partial charge in [-0.3, -0.25) is 9.59 Å². The number of likely N-dealkylation sites (tertiary alicyclic amines) is 2. The number of nitrogens with one attached hydrogen (secondary N) is 1. The van der Waals surface area contributed by atoms with Crippen LogP contribution in [0.3, 0.4) is 0 Å². The highest BCUT2D eigenvalue weighted by Crippen LogP contribution is 2.45. The maximum Gasteiger partial charge on any atom is 0.320 e. The second kappa shape index (κ2) is 7.54. The van der Waals surface area contributed by atoms with Crippen molar-refractivity contribution < 1.29 is 18.8 Å². The SMILES string of the molecule is CC(=O)NCC(=O)N1C[C@@H]2CN(C(=O)N(C)C)[C@@H](c3cccc(F)c3)[C@@H]2C1. The Balaban J connectivity index is 1.82. The summed E-state index contributed by atoms with van der Waals surface area (Å²) in [6.45, 7) is 2.89. The summed E-state index contributed by atoms with van der Waals surface area (Å²) in [4.78, 5) is 41.1. The van der Waals surface area contributed by atoms with E-state index in [-0.39, 0.29) is 48.1 Å². The molecule has 2 saturated heterocycles. The molecule has 3 rings (SSSR count). The Morgan fingerprint density at radius 3 is 2.59 bits per heavy atom. The van der Waals surface area contributed by atoms with Crippen molar-refractivity contribution in [2.24, 2.45) is 11.8 Å². The Hall–Kier alpha value is -2.64. The minimum absolute atomic E-state index is 0.0280. The summed E-state index contributed by atoms with van der Waals surface area (Å²) in [6, 6.07) is 5.92. The largest absolute Gasteiger partial charge is 0.347 e. The van der Waals surface area contributed by atoms with Crippen LogP contribution in [-0.4, -0.2) is 72.8 Å². The minimum Gasteiger partial charge on any atom is -0.347 e. The molecule has 0 bridgehead atoms. The van der Waals surface area contributed by atoms with Gasteiger partial charge < -0.3 is 20.0 Å². The van der Waals surface area contributed by atoms with Crippen LogP contribution in [0.2, 0.25) is 0 Å². The molecule has 2 aliphatic heterocycles. The van der Waals surface area contributed by atoms with Gasteiger partial charge in [-0.2, -0.15) is 0 Å². The first-order chi connectivity index (χ1) is 12.8. The van der Waals surface area contributed by atoms with E-state index in [4.69, 9.17) is 0 Å². The van der Waals surface area contributed by atoms with Crippen LogP contribution in [0.4, 0.5) is 9.18 Å². The summed E-state index contributed by atoms with van der Waals surface area (Å²) < 4.78 is 13.8. The third-order valence-corrected chi connectivity index (χ3v) is 5.32. The molecule has 0 saturated carbocycles. The second-order valence-corrected chi connectivity index (χ2v) is 7.46. The number of urea groups is 1. The van der Waals surface area contributed by atoms with Crippen LogP contribution in [0.1, 0.15) is 18.5 Å². The Kier molecular flexibility index (Phi) is 5.34. The summed E-state index contributed by atoms with van der Waals surface area (Å²) in [6.07, 6.45) is 0. The standard InChI is InChI=1S/C19H25FN4O3/c1-12(25)21-8-17(26)23-9-14-10-24(19(27)22(2)3)18(16(14)11-23)13-5-4-6-15(20)7-13/h4-7,14,16,18H,8-11H2,1-3H3,(H,21,25)/t14-,16-,18+/m1/s1. The predicted molar refractivity (Wildman–Crippen MR) is 97.2 cm³/mol. The average Bonchev–Trinajstić information content (AvgIpc) is 3.16. The first kappa shape index (κ1) is 19.1. The fourth-order valence-electron chi connectivity index (χ4n) is 4.13. The Labute approximate surface area is 158 Å². The van der Waals surface area contributed by atoms with Gasteiger partial charge in [-0.15, -0.1) is 0 Å². The lowest BCUT2D eigenvalue weighted by Crippen LogP contribution is -2.43. The number of hydrogen-bond donors (Lipinski definition) is 1. The number of hydrogen-bond acceptors (Lipinski definition) is 3. The van der Waals surface area contributed by atoms with Crippen molar-refractivity contribution >= 4 is 17.8 Å². The fourth-order valence-corrected chi connectivity index (χ4v) is 4.13. The third kappa shape index (κ3) is 3.89. The number of benzene rings is 1. The van der Waals surface area contributed by atoms with Crippen molar-refractivity contribution in [1.29, 1.82) is 0 Å². The van der Waals surface area contributed by atoms with Crippen molar-refractivity contribution in [3.8, 4) is 0 Å². The quantitative estimate of drug-likeness (QED) is 0.858. The van der Waals surface area contributed by atoms with Crippen molar-refractivity contribution in [3.05, 3.63) is 35.6 Å². The van der Waals surface area contributed by atoms with Gasteiger partial charge in [0.1, 0.15) is 5.82 Å². The van der Waals surface area contributed by atoms with E-state index in [0.29, 0.717) is 19.6 Å². The zero-order chi connectivity index (χ0) is 19.7. The monoisotopic (exact) mass is 376 g/mol. The van der Waals surface area contributed by atoms with Gasteiger partial charge in [0.25, 0.3) is 0 Å². The summed E-state index contributed by atoms with van der Waals surface area (Å²) in [5, 5.41) is 2.53. The lowest BCUT2D eigenvalue weighted by molar-refractivity contribution is -0.131. The second-order valence-electron chi connectivity index (χ2n) is 7.46. The normalized spacial score (nSPS) is 23.9. The summed E-state index contributed by atoms with van der Waals surface area (Å²) in [5.41, 5.74) is 0.744. The highest BCUT2D eigenvalue weighted by Gasteiger charge is 2.50. The van der Waals surface area contributed by atoms with Gasteiger partial charge in [-0.05, 0) is 17.7 Å². The van der Waals surface area contributed by atoms with Crippen LogP contribution in [0.5, 0.6) is 0 Å². The Bertz CT molecular complexity index is 754. The number of fused-ring (bicyclic) bond motifs is 1. The number of nitrogens with zero attached hydrogens (tertiary/aromatic N) is 3. The molecule has 8 heteroatoms. The van der Waals surface area contributed by atoms with E-state index in [9.17, 15) is 18.8 Å². The van der Waals surface area contributed by atoms with Crippen LogP contribution >= 0.6 is 0 Å². The van der Waals surface area contributed by atoms with Crippen molar-refractivity contribution in [2.75, 3.05) is 40.3 Å². The molecule has 4 amide bonds. The highest BCUT2D eigenvalue weighted by atomic mass is 19.1. The van der Waals surface area contributed by atoms with Gasteiger partial charge in [0.05, 0.1) is 12.6 Å². The van der Waals surface area contributed by atoms with Crippen LogP contribution in [0.25, 0.3) is 0 Å². The summed E-state index contributed by atoms with van der Waals surface area (Å²) in [5.74, 6) is -0.559. The van der Waals surface area contributed by atoms with Crippen molar-refractivity contribution in [3.63, 3.8) is 0 Å². The molecule has 27 heavy (non-hydrogen) atoms. The van der Waals surface area contributed by atoms with Gasteiger partial charge >= 0.3 is 6.03 Å². The zero-order valence-electron chi connectivity index (χ0n) is 15.8. The molecule has 0 aliphatic carbocycles. The molecule has 2 fully saturated rings. The lowest BCUT2D eigenvalue weighted by atomic mass is 9.89. The molecule has 1 N–H and O–H groups in total. The molecule has 1 aromatic carbocycles. The third-order valence-electron chi connectivity index (χ3n) is 5.32. The molecule has 2 aliphatic rings. The van der Waals surface area contributed by atoms with Crippen molar-refractivity contribution in [1.82, 2.24) is 20.0 Å². The number of carbonyl (C=O) groups is 3. The van der Waals surface area contributed by atoms with Crippen molar-refractivity contribution in [2.45, 2.75) is 13.0 Å². The van der Waals surface area contributed by atoms with Gasteiger partial charge in [-0.25, -0.2) is 9.18 Å². The fraction of sp³-hybridized carbons (Fsp3) is 0.526. The summed E-state index contributed by atoms with van der Waals surface area (Å²) in [7, 11) is 3.39. The molecule has 0 aromatic heterocycles. The Morgan fingerprint density at radius 1 is 1.22 bits per heavy atom. The molecular formula is C19H25FN4O3. The molecule has 0 spiro atoms. The van der Waals surface area contributed by atoms with E-state index in [1.54, 1.807) is 30.0 Å². The molecule has 0 unspecified atom stereocenters. The zero-order valence-corrected chi connectivity index (χ0v) is 15.8. The summed E-state index contributed by atoms with van der Waals surface area (Å²) >= 11 is 0. The number of rotatable bonds is 3. The van der Waals surface area contributed by atoms with E-state index >= 15 is 0 Å². The average molecular weight is 376 g/mol. The molecule has 1 aromatic rings. The maximum atomic E-state index is 13.8. The topological polar surface area (TPSA) is 73.0 Å². The van der Waals surface area contributed by atoms with Crippen LogP contribution in [0, 0.1) is 17.7 Å². The van der Waals surface area contributed by atoms with Gasteiger partial charge in [0.15, 0.2) is 0 Å². The molecule has 0 radical (unpaired) electrons. The molecule has 7 nitrogen and oxygen atoms in total. The first-order valence-electron chi connectivity index (χ1n) is 9.03. The van der Waals surface area contributed by atoms with Crippen LogP contribution < -0.4 is 5.32 Å². The first-order valence-corrected chi connectivity index (χ1v) is 9.03. The minimum atomic E-state index is -0.343. The van der Waals surface area contributed by atoms with E-state index in [1.165, 1.54) is 24.0 Å². The number of carbonyl (C=O) groups excluding carboxylic acids is 3. The van der Waals surface area contributed by atoms with E-state index < -0.39 is 0 Å². The van der Waals surface area contributed by atoms with Gasteiger partial charge in [0.2, 0.25) is 11.8 Å². The van der Waals surface area contributed by atoms with Crippen LogP contribution in [-0.2, 0) is 9.59 Å². The lowest BCUT2D eigenvalue weighted by Gasteiger charge is -2.32. The van der Waals surface area contributed by atoms with Gasteiger partial charge in [0, 0.05) is 52.5 Å². The number of halogens is 1. The molecular weight excluding hydrogens is 351 g/mol. The number of amides is 4. The smallest absolute Gasteiger partial charge is 0.320 e. The van der Waals surface area contributed by atoms with E-state index in [1.807, 2.05) is 6.07 Å². The molecule has 146 valence electrons. The highest BCUT2D eigenvalue weighted by molar-refractivity contribution is 5.84. The molecule has 2 heterocycles. The molecule has 3 atom stereocenters. The van der Waals surface area contributed by atoms with Gasteiger partial charge in [-0.1, -0.05) is 12.1 Å². The van der Waals surface area contributed by atoms with Crippen LogP contribution in [0.15, 0.2) is 24.3 Å². The van der Waals surface area contributed by atoms with E-state index in [2.05, 4.69) is 5.32 Å². The maximum absolute atomic E-state index is 13.8. The predicted octanol–water partition coefficient (Wildman–Crippen LogP) is 1.07.